The van der Waals surface area contributed by atoms with Gasteiger partial charge in [0.2, 0.25) is 0 Å². The predicted octanol–water partition coefficient (Wildman–Crippen LogP) is 2.19. The molecule has 0 amide bonds. The molecule has 0 bridgehead atoms. The Morgan fingerprint density at radius 3 is 2.59 bits per heavy atom. The zero-order chi connectivity index (χ0) is 12.3. The second kappa shape index (κ2) is 4.46. The number of nitriles is 1. The third-order valence-electron chi connectivity index (χ3n) is 3.03. The summed E-state index contributed by atoms with van der Waals surface area (Å²) < 4.78 is 4.62. The summed E-state index contributed by atoms with van der Waals surface area (Å²) in [5, 5.41) is 12.1. The Bertz CT molecular complexity index is 455. The maximum atomic E-state index is 11.2. The third kappa shape index (κ3) is 2.56. The fourth-order valence-electron chi connectivity index (χ4n) is 1.59. The lowest BCUT2D eigenvalue weighted by Gasteiger charge is -2.09. The van der Waals surface area contributed by atoms with Crippen LogP contribution in [0.25, 0.3) is 0 Å². The summed E-state index contributed by atoms with van der Waals surface area (Å²) in [7, 11) is 1.36. The van der Waals surface area contributed by atoms with Crippen LogP contribution in [0.1, 0.15) is 23.2 Å². The maximum absolute atomic E-state index is 11.2. The summed E-state index contributed by atoms with van der Waals surface area (Å²) in [5.74, 6) is -0.341. The van der Waals surface area contributed by atoms with Crippen LogP contribution in [-0.4, -0.2) is 19.6 Å². The molecule has 1 aromatic carbocycles. The van der Waals surface area contributed by atoms with Crippen molar-refractivity contribution in [2.24, 2.45) is 5.41 Å². The van der Waals surface area contributed by atoms with Crippen molar-refractivity contribution in [1.82, 2.24) is 0 Å². The smallest absolute Gasteiger partial charge is 0.337 e. The first-order valence-corrected chi connectivity index (χ1v) is 5.53. The highest BCUT2D eigenvalue weighted by Crippen LogP contribution is 2.44. The maximum Gasteiger partial charge on any atom is 0.337 e. The number of benzene rings is 1. The molecule has 1 N–H and O–H groups in total. The highest BCUT2D eigenvalue weighted by molar-refractivity contribution is 5.89. The first-order chi connectivity index (χ1) is 8.19. The first-order valence-electron chi connectivity index (χ1n) is 5.53. The molecule has 0 atom stereocenters. The van der Waals surface area contributed by atoms with Crippen molar-refractivity contribution in [2.75, 3.05) is 19.0 Å². The number of ether oxygens (including phenoxy) is 1. The van der Waals surface area contributed by atoms with Crippen LogP contribution in [-0.2, 0) is 4.74 Å². The normalized spacial score (nSPS) is 15.8. The Hall–Kier alpha value is -2.02. The Balaban J connectivity index is 1.95. The summed E-state index contributed by atoms with van der Waals surface area (Å²) in [6.45, 7) is 0.668. The molecule has 0 aliphatic heterocycles. The van der Waals surface area contributed by atoms with Crippen molar-refractivity contribution in [2.45, 2.75) is 12.8 Å². The molecule has 0 spiro atoms. The van der Waals surface area contributed by atoms with Crippen LogP contribution < -0.4 is 5.32 Å². The molecular formula is C13H14N2O2. The summed E-state index contributed by atoms with van der Waals surface area (Å²) >= 11 is 0. The minimum Gasteiger partial charge on any atom is -0.465 e. The first kappa shape index (κ1) is 11.5. The second-order valence-corrected chi connectivity index (χ2v) is 4.31. The molecule has 0 radical (unpaired) electrons. The Kier molecular flexibility index (Phi) is 3.01. The highest BCUT2D eigenvalue weighted by atomic mass is 16.5. The van der Waals surface area contributed by atoms with Crippen LogP contribution in [0, 0.1) is 16.7 Å². The lowest BCUT2D eigenvalue weighted by molar-refractivity contribution is 0.0601. The lowest BCUT2D eigenvalue weighted by atomic mass is 10.1. The molecule has 1 aromatic rings. The minimum absolute atomic E-state index is 0.166. The molecule has 1 saturated carbocycles. The van der Waals surface area contributed by atoms with Crippen LogP contribution in [0.15, 0.2) is 24.3 Å². The van der Waals surface area contributed by atoms with E-state index < -0.39 is 0 Å². The van der Waals surface area contributed by atoms with E-state index in [4.69, 9.17) is 5.26 Å². The Labute approximate surface area is 100 Å². The molecule has 0 unspecified atom stereocenters. The Morgan fingerprint density at radius 2 is 2.12 bits per heavy atom. The molecule has 4 nitrogen and oxygen atoms in total. The van der Waals surface area contributed by atoms with E-state index in [2.05, 4.69) is 16.1 Å². The van der Waals surface area contributed by atoms with Gasteiger partial charge in [0, 0.05) is 12.2 Å². The van der Waals surface area contributed by atoms with Gasteiger partial charge < -0.3 is 10.1 Å². The van der Waals surface area contributed by atoms with E-state index in [1.807, 2.05) is 12.1 Å². The number of nitrogens with zero attached hydrogens (tertiary/aromatic N) is 1. The van der Waals surface area contributed by atoms with Gasteiger partial charge in [0.25, 0.3) is 0 Å². The van der Waals surface area contributed by atoms with Crippen molar-refractivity contribution < 1.29 is 9.53 Å². The number of hydrogen-bond donors (Lipinski definition) is 1. The van der Waals surface area contributed by atoms with E-state index in [1.165, 1.54) is 7.11 Å². The van der Waals surface area contributed by atoms with Crippen molar-refractivity contribution >= 4 is 11.7 Å². The fraction of sp³-hybridized carbons (Fsp3) is 0.385. The van der Waals surface area contributed by atoms with E-state index in [1.54, 1.807) is 12.1 Å². The number of nitrogens with one attached hydrogen (secondary N) is 1. The van der Waals surface area contributed by atoms with Crippen molar-refractivity contribution in [3.8, 4) is 6.07 Å². The largest absolute Gasteiger partial charge is 0.465 e. The van der Waals surface area contributed by atoms with Crippen LogP contribution in [0.4, 0.5) is 5.69 Å². The average Bonchev–Trinajstić information content (AvgIpc) is 3.17. The summed E-state index contributed by atoms with van der Waals surface area (Å²) in [6, 6.07) is 9.38. The van der Waals surface area contributed by atoms with Crippen molar-refractivity contribution in [3.05, 3.63) is 29.8 Å². The molecule has 0 aromatic heterocycles. The van der Waals surface area contributed by atoms with Crippen LogP contribution >= 0.6 is 0 Å². The minimum atomic E-state index is -0.341. The average molecular weight is 230 g/mol. The van der Waals surface area contributed by atoms with Gasteiger partial charge in [-0.05, 0) is 37.1 Å². The van der Waals surface area contributed by atoms with Gasteiger partial charge in [0.05, 0.1) is 24.2 Å². The Morgan fingerprint density at radius 1 is 1.47 bits per heavy atom. The molecule has 1 aliphatic rings. The van der Waals surface area contributed by atoms with Crippen molar-refractivity contribution in [1.29, 1.82) is 5.26 Å². The van der Waals surface area contributed by atoms with Gasteiger partial charge in [-0.2, -0.15) is 5.26 Å². The molecule has 0 saturated heterocycles. The summed E-state index contributed by atoms with van der Waals surface area (Å²) in [6.07, 6.45) is 1.94. The van der Waals surface area contributed by atoms with E-state index >= 15 is 0 Å². The van der Waals surface area contributed by atoms with Crippen LogP contribution in [0.2, 0.25) is 0 Å². The predicted molar refractivity (Wildman–Crippen MR) is 63.6 cm³/mol. The number of carbonyl (C=O) groups is 1. The van der Waals surface area contributed by atoms with E-state index in [0.717, 1.165) is 18.5 Å². The number of rotatable bonds is 4. The molecule has 88 valence electrons. The number of esters is 1. The molecule has 4 heteroatoms. The van der Waals surface area contributed by atoms with E-state index in [9.17, 15) is 4.79 Å². The standard InChI is InChI=1S/C13H14N2O2/c1-17-12(16)10-2-4-11(5-3-10)15-9-13(8-14)6-7-13/h2-5,15H,6-7,9H2,1H3. The number of carbonyl (C=O) groups excluding carboxylic acids is 1. The number of anilines is 1. The zero-order valence-corrected chi connectivity index (χ0v) is 9.69. The third-order valence-corrected chi connectivity index (χ3v) is 3.03. The van der Waals surface area contributed by atoms with Gasteiger partial charge in [0.15, 0.2) is 0 Å². The van der Waals surface area contributed by atoms with E-state index in [0.29, 0.717) is 12.1 Å². The molecule has 0 heterocycles. The highest BCUT2D eigenvalue weighted by Gasteiger charge is 2.42. The SMILES string of the molecule is COC(=O)c1ccc(NCC2(C#N)CC2)cc1. The van der Waals surface area contributed by atoms with Gasteiger partial charge in [-0.15, -0.1) is 0 Å². The molecule has 2 rings (SSSR count). The molecule has 1 fully saturated rings. The lowest BCUT2D eigenvalue weighted by Crippen LogP contribution is -2.13. The monoisotopic (exact) mass is 230 g/mol. The zero-order valence-electron chi connectivity index (χ0n) is 9.69. The number of hydrogen-bond acceptors (Lipinski definition) is 4. The molecule has 1 aliphatic carbocycles. The molecule has 17 heavy (non-hydrogen) atoms. The topological polar surface area (TPSA) is 62.1 Å². The van der Waals surface area contributed by atoms with Crippen LogP contribution in [0.3, 0.4) is 0 Å². The van der Waals surface area contributed by atoms with Crippen molar-refractivity contribution in [3.63, 3.8) is 0 Å². The van der Waals surface area contributed by atoms with Gasteiger partial charge >= 0.3 is 5.97 Å². The fourth-order valence-corrected chi connectivity index (χ4v) is 1.59. The summed E-state index contributed by atoms with van der Waals surface area (Å²) in [5.41, 5.74) is 1.28. The second-order valence-electron chi connectivity index (χ2n) is 4.31. The summed E-state index contributed by atoms with van der Waals surface area (Å²) in [4.78, 5) is 11.2. The van der Waals surface area contributed by atoms with Gasteiger partial charge in [0.1, 0.15) is 0 Å². The van der Waals surface area contributed by atoms with Gasteiger partial charge in [-0.3, -0.25) is 0 Å². The van der Waals surface area contributed by atoms with Gasteiger partial charge in [-0.1, -0.05) is 0 Å². The van der Waals surface area contributed by atoms with Gasteiger partial charge in [-0.25, -0.2) is 4.79 Å². The molecular weight excluding hydrogens is 216 g/mol. The number of methoxy groups -OCH3 is 1. The van der Waals surface area contributed by atoms with E-state index in [-0.39, 0.29) is 11.4 Å². The van der Waals surface area contributed by atoms with Crippen LogP contribution in [0.5, 0.6) is 0 Å². The quantitative estimate of drug-likeness (QED) is 0.805.